The Kier molecular flexibility index (Phi) is 4.41. The quantitative estimate of drug-likeness (QED) is 0.908. The second-order valence-corrected chi connectivity index (χ2v) is 5.87. The van der Waals surface area contributed by atoms with Crippen molar-refractivity contribution in [3.8, 4) is 0 Å². The standard InChI is InChI=1S/C17H20N4O2/c1-20-12-15(10-18-20)19-17(23)14-9-16(22)21(11-14)8-7-13-5-3-2-4-6-13/h2-6,10,12,14H,7-9,11H2,1H3,(H,19,23)/t14-/m0/s1. The fourth-order valence-electron chi connectivity index (χ4n) is 2.80. The molecule has 0 unspecified atom stereocenters. The molecule has 3 rings (SSSR count). The van der Waals surface area contributed by atoms with E-state index >= 15 is 0 Å². The molecular weight excluding hydrogens is 292 g/mol. The van der Waals surface area contributed by atoms with Crippen LogP contribution in [0, 0.1) is 5.92 Å². The first-order valence-electron chi connectivity index (χ1n) is 7.73. The molecule has 1 saturated heterocycles. The predicted molar refractivity (Wildman–Crippen MR) is 86.7 cm³/mol. The van der Waals surface area contributed by atoms with E-state index in [-0.39, 0.29) is 24.2 Å². The van der Waals surface area contributed by atoms with Crippen molar-refractivity contribution in [3.63, 3.8) is 0 Å². The van der Waals surface area contributed by atoms with Crippen molar-refractivity contribution in [2.45, 2.75) is 12.8 Å². The predicted octanol–water partition coefficient (Wildman–Crippen LogP) is 1.45. The van der Waals surface area contributed by atoms with E-state index in [2.05, 4.69) is 10.4 Å². The van der Waals surface area contributed by atoms with Gasteiger partial charge in [-0.1, -0.05) is 30.3 Å². The lowest BCUT2D eigenvalue weighted by Crippen LogP contribution is -2.29. The number of carbonyl (C=O) groups is 2. The van der Waals surface area contributed by atoms with Gasteiger partial charge in [0.2, 0.25) is 11.8 Å². The van der Waals surface area contributed by atoms with Crippen molar-refractivity contribution >= 4 is 17.5 Å². The van der Waals surface area contributed by atoms with Crippen molar-refractivity contribution in [1.82, 2.24) is 14.7 Å². The summed E-state index contributed by atoms with van der Waals surface area (Å²) < 4.78 is 1.63. The number of nitrogens with one attached hydrogen (secondary N) is 1. The fraction of sp³-hybridized carbons (Fsp3) is 0.353. The summed E-state index contributed by atoms with van der Waals surface area (Å²) >= 11 is 0. The molecule has 0 aliphatic carbocycles. The third kappa shape index (κ3) is 3.77. The summed E-state index contributed by atoms with van der Waals surface area (Å²) in [7, 11) is 1.79. The molecule has 2 amide bonds. The average Bonchev–Trinajstić information content (AvgIpc) is 3.12. The van der Waals surface area contributed by atoms with Crippen LogP contribution in [0.3, 0.4) is 0 Å². The van der Waals surface area contributed by atoms with E-state index in [1.807, 2.05) is 30.3 Å². The molecule has 1 N–H and O–H groups in total. The van der Waals surface area contributed by atoms with Crippen molar-refractivity contribution in [3.05, 3.63) is 48.3 Å². The molecule has 1 aromatic carbocycles. The van der Waals surface area contributed by atoms with Gasteiger partial charge in [0.25, 0.3) is 0 Å². The first-order valence-corrected chi connectivity index (χ1v) is 7.73. The third-order valence-electron chi connectivity index (χ3n) is 4.07. The van der Waals surface area contributed by atoms with Crippen molar-refractivity contribution in [1.29, 1.82) is 0 Å². The Bertz CT molecular complexity index is 696. The van der Waals surface area contributed by atoms with Gasteiger partial charge >= 0.3 is 0 Å². The Labute approximate surface area is 135 Å². The zero-order valence-electron chi connectivity index (χ0n) is 13.1. The molecule has 0 spiro atoms. The van der Waals surface area contributed by atoms with Crippen LogP contribution >= 0.6 is 0 Å². The van der Waals surface area contributed by atoms with Crippen LogP contribution in [0.5, 0.6) is 0 Å². The van der Waals surface area contributed by atoms with Gasteiger partial charge in [0.1, 0.15) is 0 Å². The van der Waals surface area contributed by atoms with Gasteiger partial charge in [0, 0.05) is 32.8 Å². The zero-order valence-corrected chi connectivity index (χ0v) is 13.1. The summed E-state index contributed by atoms with van der Waals surface area (Å²) in [6.07, 6.45) is 4.42. The van der Waals surface area contributed by atoms with E-state index in [0.29, 0.717) is 18.8 Å². The number of anilines is 1. The summed E-state index contributed by atoms with van der Waals surface area (Å²) in [5.74, 6) is -0.362. The minimum absolute atomic E-state index is 0.0484. The van der Waals surface area contributed by atoms with Crippen LogP contribution in [-0.2, 0) is 23.1 Å². The average molecular weight is 312 g/mol. The molecule has 1 fully saturated rings. The van der Waals surface area contributed by atoms with Crippen LogP contribution < -0.4 is 5.32 Å². The van der Waals surface area contributed by atoms with Crippen molar-refractivity contribution < 1.29 is 9.59 Å². The summed E-state index contributed by atoms with van der Waals surface area (Å²) in [6.45, 7) is 1.14. The number of aromatic nitrogens is 2. The van der Waals surface area contributed by atoms with Crippen molar-refractivity contribution in [2.75, 3.05) is 18.4 Å². The number of likely N-dealkylation sites (tertiary alicyclic amines) is 1. The van der Waals surface area contributed by atoms with E-state index in [0.717, 1.165) is 6.42 Å². The van der Waals surface area contributed by atoms with E-state index < -0.39 is 0 Å². The molecule has 120 valence electrons. The second kappa shape index (κ2) is 6.64. The Morgan fingerprint density at radius 3 is 2.83 bits per heavy atom. The topological polar surface area (TPSA) is 67.2 Å². The summed E-state index contributed by atoms with van der Waals surface area (Å²) in [6, 6.07) is 10.1. The van der Waals surface area contributed by atoms with Gasteiger partial charge in [-0.25, -0.2) is 0 Å². The molecule has 2 heterocycles. The molecule has 0 saturated carbocycles. The van der Waals surface area contributed by atoms with Gasteiger partial charge in [-0.3, -0.25) is 14.3 Å². The third-order valence-corrected chi connectivity index (χ3v) is 4.07. The molecule has 23 heavy (non-hydrogen) atoms. The van der Waals surface area contributed by atoms with E-state index in [1.165, 1.54) is 5.56 Å². The molecule has 2 aromatic rings. The zero-order chi connectivity index (χ0) is 16.2. The van der Waals surface area contributed by atoms with Gasteiger partial charge in [-0.2, -0.15) is 5.10 Å². The van der Waals surface area contributed by atoms with Crippen LogP contribution in [0.15, 0.2) is 42.7 Å². The first kappa shape index (κ1) is 15.3. The van der Waals surface area contributed by atoms with Crippen LogP contribution in [0.1, 0.15) is 12.0 Å². The second-order valence-electron chi connectivity index (χ2n) is 5.87. The van der Waals surface area contributed by atoms with Gasteiger partial charge < -0.3 is 10.2 Å². The van der Waals surface area contributed by atoms with Gasteiger partial charge in [0.15, 0.2) is 0 Å². The number of amides is 2. The maximum absolute atomic E-state index is 12.3. The van der Waals surface area contributed by atoms with Gasteiger partial charge in [-0.05, 0) is 12.0 Å². The van der Waals surface area contributed by atoms with Crippen LogP contribution in [0.25, 0.3) is 0 Å². The van der Waals surface area contributed by atoms with Crippen molar-refractivity contribution in [2.24, 2.45) is 13.0 Å². The first-order chi connectivity index (χ1) is 11.1. The van der Waals surface area contributed by atoms with Crippen LogP contribution in [-0.4, -0.2) is 39.6 Å². The molecule has 1 aromatic heterocycles. The van der Waals surface area contributed by atoms with Crippen LogP contribution in [0.4, 0.5) is 5.69 Å². The maximum atomic E-state index is 12.3. The molecular formula is C17H20N4O2. The lowest BCUT2D eigenvalue weighted by molar-refractivity contribution is -0.128. The number of hydrogen-bond acceptors (Lipinski definition) is 3. The highest BCUT2D eigenvalue weighted by molar-refractivity contribution is 5.97. The summed E-state index contributed by atoms with van der Waals surface area (Å²) in [5.41, 5.74) is 1.86. The van der Waals surface area contributed by atoms with E-state index in [9.17, 15) is 9.59 Å². The minimum Gasteiger partial charge on any atom is -0.342 e. The molecule has 6 nitrogen and oxygen atoms in total. The lowest BCUT2D eigenvalue weighted by atomic mass is 10.1. The molecule has 6 heteroatoms. The molecule has 0 bridgehead atoms. The number of carbonyl (C=O) groups excluding carboxylic acids is 2. The maximum Gasteiger partial charge on any atom is 0.229 e. The summed E-state index contributed by atoms with van der Waals surface area (Å²) in [5, 5.41) is 6.83. The Balaban J connectivity index is 1.53. The van der Waals surface area contributed by atoms with Gasteiger partial charge in [0.05, 0.1) is 17.8 Å². The highest BCUT2D eigenvalue weighted by atomic mass is 16.2. The summed E-state index contributed by atoms with van der Waals surface area (Å²) in [4.78, 5) is 26.1. The monoisotopic (exact) mass is 312 g/mol. The van der Waals surface area contributed by atoms with E-state index in [4.69, 9.17) is 0 Å². The number of aryl methyl sites for hydroxylation is 1. The molecule has 0 radical (unpaired) electrons. The fourth-order valence-corrected chi connectivity index (χ4v) is 2.80. The Hall–Kier alpha value is -2.63. The van der Waals surface area contributed by atoms with Gasteiger partial charge in [-0.15, -0.1) is 0 Å². The molecule has 1 atom stereocenters. The Morgan fingerprint density at radius 1 is 1.35 bits per heavy atom. The SMILES string of the molecule is Cn1cc(NC(=O)[C@H]2CC(=O)N(CCc3ccccc3)C2)cn1. The smallest absolute Gasteiger partial charge is 0.229 e. The highest BCUT2D eigenvalue weighted by Crippen LogP contribution is 2.20. The Morgan fingerprint density at radius 2 is 2.13 bits per heavy atom. The number of rotatable bonds is 5. The highest BCUT2D eigenvalue weighted by Gasteiger charge is 2.34. The van der Waals surface area contributed by atoms with E-state index in [1.54, 1.807) is 29.0 Å². The largest absolute Gasteiger partial charge is 0.342 e. The number of hydrogen-bond donors (Lipinski definition) is 1. The lowest BCUT2D eigenvalue weighted by Gasteiger charge is -2.16. The van der Waals surface area contributed by atoms with Crippen LogP contribution in [0.2, 0.25) is 0 Å². The molecule has 1 aliphatic heterocycles. The minimum atomic E-state index is -0.293. The normalized spacial score (nSPS) is 17.5. The molecule has 1 aliphatic rings. The number of nitrogens with zero attached hydrogens (tertiary/aromatic N) is 3. The number of benzene rings is 1.